The number of halogens is 1. The first-order valence-corrected chi connectivity index (χ1v) is 12.4. The van der Waals surface area contributed by atoms with Crippen molar-refractivity contribution in [2.24, 2.45) is 4.99 Å². The van der Waals surface area contributed by atoms with Gasteiger partial charge in [-0.05, 0) is 42.0 Å². The molecule has 1 aliphatic heterocycles. The van der Waals surface area contributed by atoms with Gasteiger partial charge < -0.3 is 14.8 Å². The van der Waals surface area contributed by atoms with Crippen molar-refractivity contribution >= 4 is 63.5 Å². The van der Waals surface area contributed by atoms with Gasteiger partial charge in [-0.3, -0.25) is 24.6 Å². The van der Waals surface area contributed by atoms with Crippen molar-refractivity contribution in [3.05, 3.63) is 93.1 Å². The average molecular weight is 553 g/mol. The summed E-state index contributed by atoms with van der Waals surface area (Å²) in [4.78, 5) is 42.3. The fourth-order valence-electron chi connectivity index (χ4n) is 3.46. The molecule has 2 amide bonds. The van der Waals surface area contributed by atoms with E-state index >= 15 is 0 Å². The highest BCUT2D eigenvalue weighted by Gasteiger charge is 2.32. The van der Waals surface area contributed by atoms with Crippen molar-refractivity contribution in [1.82, 2.24) is 0 Å². The van der Waals surface area contributed by atoms with E-state index in [2.05, 4.69) is 10.3 Å². The third-order valence-corrected chi connectivity index (χ3v) is 6.58. The second-order valence-electron chi connectivity index (χ2n) is 7.80. The summed E-state index contributed by atoms with van der Waals surface area (Å²) in [7, 11) is 3.09. The molecule has 4 rings (SSSR count). The number of carbonyl (C=O) groups is 2. The minimum Gasteiger partial charge on any atom is -0.497 e. The number of anilines is 2. The number of aliphatic imine (C=N–C) groups is 1. The van der Waals surface area contributed by atoms with Crippen LogP contribution in [-0.4, -0.2) is 41.9 Å². The second kappa shape index (κ2) is 11.8. The maximum atomic E-state index is 13.4. The first-order valence-electron chi connectivity index (χ1n) is 11.1. The van der Waals surface area contributed by atoms with Gasteiger partial charge in [0.2, 0.25) is 5.91 Å². The molecule has 12 heteroatoms. The summed E-state index contributed by atoms with van der Waals surface area (Å²) in [5, 5.41) is 13.9. The topological polar surface area (TPSA) is 123 Å². The number of methoxy groups -OCH3 is 2. The quantitative estimate of drug-likeness (QED) is 0.226. The number of nitrogens with one attached hydrogen (secondary N) is 1. The number of nitro benzene ring substituents is 1. The molecule has 0 unspecified atom stereocenters. The van der Waals surface area contributed by atoms with Crippen LogP contribution in [0.2, 0.25) is 5.02 Å². The summed E-state index contributed by atoms with van der Waals surface area (Å²) >= 11 is 7.14. The minimum absolute atomic E-state index is 0.0358. The number of benzene rings is 3. The molecule has 0 saturated carbocycles. The first-order chi connectivity index (χ1) is 18.3. The molecule has 0 aromatic heterocycles. The zero-order chi connectivity index (χ0) is 27.2. The van der Waals surface area contributed by atoms with Crippen LogP contribution in [0.5, 0.6) is 11.5 Å². The predicted octanol–water partition coefficient (Wildman–Crippen LogP) is 5.38. The number of hydrogen-bond donors (Lipinski definition) is 1. The molecule has 0 atom stereocenters. The number of rotatable bonds is 8. The Bertz CT molecular complexity index is 1460. The van der Waals surface area contributed by atoms with E-state index in [1.807, 2.05) is 0 Å². The Balaban J connectivity index is 1.57. The predicted molar refractivity (Wildman–Crippen MR) is 148 cm³/mol. The number of amides is 2. The molecule has 0 spiro atoms. The second-order valence-corrected chi connectivity index (χ2v) is 9.15. The lowest BCUT2D eigenvalue weighted by atomic mass is 10.2. The van der Waals surface area contributed by atoms with Gasteiger partial charge in [-0.25, -0.2) is 4.99 Å². The summed E-state index contributed by atoms with van der Waals surface area (Å²) in [6.07, 6.45) is 1.65. The van der Waals surface area contributed by atoms with Gasteiger partial charge in [0, 0.05) is 18.2 Å². The minimum atomic E-state index is -0.577. The number of ether oxygens (including phenoxy) is 2. The van der Waals surface area contributed by atoms with Gasteiger partial charge >= 0.3 is 0 Å². The molecule has 1 heterocycles. The molecule has 3 aromatic rings. The van der Waals surface area contributed by atoms with Crippen molar-refractivity contribution in [3.8, 4) is 11.5 Å². The molecule has 0 bridgehead atoms. The van der Waals surface area contributed by atoms with Gasteiger partial charge in [0.05, 0.1) is 41.3 Å². The summed E-state index contributed by atoms with van der Waals surface area (Å²) in [6, 6.07) is 17.9. The Morgan fingerprint density at radius 2 is 1.84 bits per heavy atom. The van der Waals surface area contributed by atoms with Crippen LogP contribution >= 0.6 is 23.4 Å². The van der Waals surface area contributed by atoms with Gasteiger partial charge in [0.1, 0.15) is 17.2 Å². The van der Waals surface area contributed by atoms with Crippen LogP contribution in [0.3, 0.4) is 0 Å². The van der Waals surface area contributed by atoms with Crippen LogP contribution < -0.4 is 19.7 Å². The number of non-ortho nitro benzene ring substituents is 1. The Kier molecular flexibility index (Phi) is 8.29. The Morgan fingerprint density at radius 3 is 2.50 bits per heavy atom. The van der Waals surface area contributed by atoms with Crippen LogP contribution in [0, 0.1) is 10.1 Å². The molecule has 1 N–H and O–H groups in total. The van der Waals surface area contributed by atoms with Crippen molar-refractivity contribution < 1.29 is 24.0 Å². The van der Waals surface area contributed by atoms with E-state index in [-0.39, 0.29) is 33.8 Å². The zero-order valence-corrected chi connectivity index (χ0v) is 21.8. The zero-order valence-electron chi connectivity index (χ0n) is 20.2. The molecule has 3 aromatic carbocycles. The molecule has 1 aliphatic rings. The number of hydrogen-bond acceptors (Lipinski definition) is 8. The number of nitrogens with zero attached hydrogens (tertiary/aromatic N) is 3. The first kappa shape index (κ1) is 26.7. The molecule has 38 heavy (non-hydrogen) atoms. The van der Waals surface area contributed by atoms with E-state index in [0.717, 1.165) is 23.4 Å². The van der Waals surface area contributed by atoms with E-state index in [1.165, 1.54) is 24.1 Å². The lowest BCUT2D eigenvalue weighted by molar-refractivity contribution is -0.384. The van der Waals surface area contributed by atoms with Crippen LogP contribution in [0.1, 0.15) is 5.56 Å². The van der Waals surface area contributed by atoms with Crippen LogP contribution in [-0.2, 0) is 9.59 Å². The van der Waals surface area contributed by atoms with Gasteiger partial charge in [-0.1, -0.05) is 41.6 Å². The van der Waals surface area contributed by atoms with Gasteiger partial charge in [0.15, 0.2) is 5.17 Å². The van der Waals surface area contributed by atoms with Gasteiger partial charge in [0.25, 0.3) is 11.6 Å². The molecule has 194 valence electrons. The fourth-order valence-corrected chi connectivity index (χ4v) is 4.50. The molecule has 10 nitrogen and oxygen atoms in total. The van der Waals surface area contributed by atoms with E-state index < -0.39 is 10.8 Å². The maximum Gasteiger partial charge on any atom is 0.283 e. The maximum absolute atomic E-state index is 13.4. The van der Waals surface area contributed by atoms with Gasteiger partial charge in [-0.15, -0.1) is 0 Å². The van der Waals surface area contributed by atoms with E-state index in [9.17, 15) is 19.7 Å². The molecule has 0 aliphatic carbocycles. The summed E-state index contributed by atoms with van der Waals surface area (Å²) in [5.74, 6) is 0.337. The van der Waals surface area contributed by atoms with Crippen molar-refractivity contribution in [1.29, 1.82) is 0 Å². The number of amidine groups is 1. The normalized spacial score (nSPS) is 13.9. The lowest BCUT2D eigenvalue weighted by Crippen LogP contribution is -2.31. The standard InChI is InChI=1S/C26H21ClN4O6S/c1-36-19-9-6-16(7-10-19)12-23-25(33)30(17-4-3-5-20(13-17)37-2)26(29-23)38-15-24(32)28-22-11-8-18(31(34)35)14-21(22)27/h3-14H,15H2,1-2H3,(H,28,32)/b23-12-. The molecular weight excluding hydrogens is 532 g/mol. The van der Waals surface area contributed by atoms with Crippen molar-refractivity contribution in [2.75, 3.05) is 30.2 Å². The Hall–Kier alpha value is -4.35. The summed E-state index contributed by atoms with van der Waals surface area (Å²) in [6.45, 7) is 0. The van der Waals surface area contributed by atoms with Crippen LogP contribution in [0.4, 0.5) is 17.1 Å². The molecule has 0 saturated heterocycles. The highest BCUT2D eigenvalue weighted by Crippen LogP contribution is 2.32. The van der Waals surface area contributed by atoms with E-state index in [4.69, 9.17) is 21.1 Å². The number of thioether (sulfide) groups is 1. The highest BCUT2D eigenvalue weighted by atomic mass is 35.5. The van der Waals surface area contributed by atoms with E-state index in [0.29, 0.717) is 22.4 Å². The lowest BCUT2D eigenvalue weighted by Gasteiger charge is -2.18. The smallest absolute Gasteiger partial charge is 0.283 e. The monoisotopic (exact) mass is 552 g/mol. The van der Waals surface area contributed by atoms with Gasteiger partial charge in [-0.2, -0.15) is 0 Å². The number of carbonyl (C=O) groups excluding carboxylic acids is 2. The Labute approximate surface area is 227 Å². The third kappa shape index (κ3) is 6.13. The molecule has 0 radical (unpaired) electrons. The summed E-state index contributed by atoms with van der Waals surface area (Å²) < 4.78 is 10.5. The third-order valence-electron chi connectivity index (χ3n) is 5.33. The van der Waals surface area contributed by atoms with E-state index in [1.54, 1.807) is 61.7 Å². The van der Waals surface area contributed by atoms with Crippen LogP contribution in [0.25, 0.3) is 6.08 Å². The highest BCUT2D eigenvalue weighted by molar-refractivity contribution is 8.14. The van der Waals surface area contributed by atoms with Crippen molar-refractivity contribution in [2.45, 2.75) is 0 Å². The molecular formula is C26H21ClN4O6S. The average Bonchev–Trinajstić information content (AvgIpc) is 3.23. The fraction of sp³-hybridized carbons (Fsp3) is 0.115. The largest absolute Gasteiger partial charge is 0.497 e. The SMILES string of the molecule is COc1ccc(/C=C2\N=C(SCC(=O)Nc3ccc([N+](=O)[O-])cc3Cl)N(c3cccc(OC)c3)C2=O)cc1. The summed E-state index contributed by atoms with van der Waals surface area (Å²) in [5.41, 5.74) is 1.51. The molecule has 0 fully saturated rings. The van der Waals surface area contributed by atoms with Crippen LogP contribution in [0.15, 0.2) is 77.4 Å². The number of nitro groups is 1. The van der Waals surface area contributed by atoms with Crippen molar-refractivity contribution in [3.63, 3.8) is 0 Å². The Morgan fingerprint density at radius 1 is 1.11 bits per heavy atom.